The van der Waals surface area contributed by atoms with Crippen LogP contribution >= 0.6 is 12.4 Å². The smallest absolute Gasteiger partial charge is 0.245 e. The highest BCUT2D eigenvalue weighted by Gasteiger charge is 2.43. The van der Waals surface area contributed by atoms with E-state index < -0.39 is 0 Å². The summed E-state index contributed by atoms with van der Waals surface area (Å²) >= 11 is 0. The average molecular weight is 337 g/mol. The van der Waals surface area contributed by atoms with E-state index in [1.54, 1.807) is 0 Å². The van der Waals surface area contributed by atoms with E-state index in [0.717, 1.165) is 38.2 Å². The van der Waals surface area contributed by atoms with Crippen LogP contribution in [0, 0.1) is 5.92 Å². The second-order valence-corrected chi connectivity index (χ2v) is 6.77. The Morgan fingerprint density at radius 2 is 2.04 bits per heavy atom. The van der Waals surface area contributed by atoms with Gasteiger partial charge in [-0.3, -0.25) is 10.2 Å². The van der Waals surface area contributed by atoms with Crippen LogP contribution in [0.2, 0.25) is 0 Å². The van der Waals surface area contributed by atoms with Crippen LogP contribution in [0.1, 0.15) is 31.2 Å². The van der Waals surface area contributed by atoms with Crippen molar-refractivity contribution in [2.45, 2.75) is 37.8 Å². The van der Waals surface area contributed by atoms with E-state index in [0.29, 0.717) is 17.9 Å². The van der Waals surface area contributed by atoms with Crippen LogP contribution in [0.15, 0.2) is 24.3 Å². The fourth-order valence-electron chi connectivity index (χ4n) is 4.11. The van der Waals surface area contributed by atoms with Gasteiger partial charge in [0, 0.05) is 30.7 Å². The first-order valence-electron chi connectivity index (χ1n) is 8.38. The molecule has 2 saturated heterocycles. The van der Waals surface area contributed by atoms with Crippen LogP contribution in [0.4, 0.5) is 5.69 Å². The van der Waals surface area contributed by atoms with Gasteiger partial charge in [0.1, 0.15) is 6.04 Å². The minimum atomic E-state index is -0.126. The normalized spacial score (nSPS) is 32.7. The number of rotatable bonds is 1. The second-order valence-electron chi connectivity index (χ2n) is 6.77. The lowest BCUT2D eigenvalue weighted by molar-refractivity contribution is -0.121. The summed E-state index contributed by atoms with van der Waals surface area (Å²) in [5.74, 6) is 1.08. The summed E-state index contributed by atoms with van der Waals surface area (Å²) in [6.45, 7) is 5.00. The number of amides is 1. The number of nitrogens with zero attached hydrogens (tertiary/aromatic N) is 1. The van der Waals surface area contributed by atoms with E-state index in [-0.39, 0.29) is 24.4 Å². The second kappa shape index (κ2) is 6.77. The van der Waals surface area contributed by atoms with Crippen molar-refractivity contribution in [1.29, 1.82) is 0 Å². The number of piperidine rings is 1. The Balaban J connectivity index is 0.00000156. The van der Waals surface area contributed by atoms with Gasteiger partial charge in [-0.2, -0.15) is 0 Å². The predicted octanol–water partition coefficient (Wildman–Crippen LogP) is 1.40. The van der Waals surface area contributed by atoms with Crippen LogP contribution in [0.5, 0.6) is 0 Å². The summed E-state index contributed by atoms with van der Waals surface area (Å²) in [6, 6.07) is 8.63. The van der Waals surface area contributed by atoms with Crippen LogP contribution in [0.3, 0.4) is 0 Å². The van der Waals surface area contributed by atoms with Gasteiger partial charge in [-0.05, 0) is 36.9 Å². The van der Waals surface area contributed by atoms with Crippen LogP contribution in [-0.2, 0) is 4.79 Å². The molecule has 4 atom stereocenters. The molecule has 3 aliphatic heterocycles. The third-order valence-electron chi connectivity index (χ3n) is 5.46. The number of carbonyl (C=O) groups is 1. The van der Waals surface area contributed by atoms with Gasteiger partial charge in [-0.15, -0.1) is 12.4 Å². The maximum atomic E-state index is 13.1. The molecular formula is C17H25ClN4O. The molecular weight excluding hydrogens is 312 g/mol. The Hall–Kier alpha value is -1.14. The molecule has 4 unspecified atom stereocenters. The van der Waals surface area contributed by atoms with Crippen molar-refractivity contribution < 1.29 is 4.79 Å². The molecule has 6 heteroatoms. The molecule has 1 aromatic rings. The van der Waals surface area contributed by atoms with Crippen molar-refractivity contribution in [2.24, 2.45) is 5.92 Å². The Kier molecular flexibility index (Phi) is 4.92. The Morgan fingerprint density at radius 1 is 1.22 bits per heavy atom. The van der Waals surface area contributed by atoms with E-state index in [2.05, 4.69) is 41.3 Å². The van der Waals surface area contributed by atoms with E-state index in [4.69, 9.17) is 0 Å². The summed E-state index contributed by atoms with van der Waals surface area (Å²) < 4.78 is 0. The standard InChI is InChI=1S/C17H24N4O.ClH/c1-11-7-9-21(15-5-3-2-4-12(11)15)17(22)16-13-10-18-8-6-14(13)19-20-16;/h2-5,11,13-14,16,18-20H,6-10H2,1H3;1H. The third-order valence-corrected chi connectivity index (χ3v) is 5.46. The van der Waals surface area contributed by atoms with Crippen LogP contribution < -0.4 is 21.1 Å². The molecule has 3 heterocycles. The Labute approximate surface area is 143 Å². The van der Waals surface area contributed by atoms with Gasteiger partial charge in [0.25, 0.3) is 0 Å². The van der Waals surface area contributed by atoms with Crippen molar-refractivity contribution >= 4 is 24.0 Å². The van der Waals surface area contributed by atoms with Gasteiger partial charge in [-0.1, -0.05) is 25.1 Å². The lowest BCUT2D eigenvalue weighted by Gasteiger charge is -2.36. The van der Waals surface area contributed by atoms with Gasteiger partial charge in [0.2, 0.25) is 5.91 Å². The monoisotopic (exact) mass is 336 g/mol. The quantitative estimate of drug-likeness (QED) is 0.725. The summed E-state index contributed by atoms with van der Waals surface area (Å²) in [7, 11) is 0. The highest BCUT2D eigenvalue weighted by molar-refractivity contribution is 5.98. The van der Waals surface area contributed by atoms with Gasteiger partial charge in [0.15, 0.2) is 0 Å². The number of benzene rings is 1. The van der Waals surface area contributed by atoms with Gasteiger partial charge < -0.3 is 10.2 Å². The number of hydrazine groups is 1. The molecule has 3 aliphatic rings. The lowest BCUT2D eigenvalue weighted by atomic mass is 9.87. The first-order valence-corrected chi connectivity index (χ1v) is 8.38. The Morgan fingerprint density at radius 3 is 2.91 bits per heavy atom. The number of carbonyl (C=O) groups excluding carboxylic acids is 1. The minimum absolute atomic E-state index is 0. The van der Waals surface area contributed by atoms with Crippen LogP contribution in [0.25, 0.3) is 0 Å². The fraction of sp³-hybridized carbons (Fsp3) is 0.588. The molecule has 126 valence electrons. The van der Waals surface area contributed by atoms with E-state index in [1.807, 2.05) is 11.0 Å². The first kappa shape index (κ1) is 16.7. The molecule has 5 nitrogen and oxygen atoms in total. The molecule has 1 amide bonds. The molecule has 23 heavy (non-hydrogen) atoms. The molecule has 2 fully saturated rings. The summed E-state index contributed by atoms with van der Waals surface area (Å²) in [5.41, 5.74) is 8.98. The number of anilines is 1. The number of nitrogens with one attached hydrogen (secondary N) is 3. The van der Waals surface area contributed by atoms with Crippen molar-refractivity contribution in [3.8, 4) is 0 Å². The number of para-hydroxylation sites is 1. The molecule has 0 bridgehead atoms. The number of fused-ring (bicyclic) bond motifs is 2. The largest absolute Gasteiger partial charge is 0.316 e. The zero-order valence-corrected chi connectivity index (χ0v) is 14.2. The first-order chi connectivity index (χ1) is 10.8. The van der Waals surface area contributed by atoms with E-state index >= 15 is 0 Å². The van der Waals surface area contributed by atoms with Crippen molar-refractivity contribution in [2.75, 3.05) is 24.5 Å². The molecule has 1 aromatic carbocycles. The number of hydrogen-bond acceptors (Lipinski definition) is 4. The molecule has 0 radical (unpaired) electrons. The van der Waals surface area contributed by atoms with Crippen molar-refractivity contribution in [1.82, 2.24) is 16.2 Å². The molecule has 0 spiro atoms. The summed E-state index contributed by atoms with van der Waals surface area (Å²) in [6.07, 6.45) is 2.12. The van der Waals surface area contributed by atoms with Gasteiger partial charge in [0.05, 0.1) is 0 Å². The van der Waals surface area contributed by atoms with E-state index in [1.165, 1.54) is 5.56 Å². The van der Waals surface area contributed by atoms with Crippen molar-refractivity contribution in [3.63, 3.8) is 0 Å². The average Bonchev–Trinajstić information content (AvgIpc) is 2.99. The molecule has 4 rings (SSSR count). The maximum Gasteiger partial charge on any atom is 0.245 e. The molecule has 3 N–H and O–H groups in total. The number of halogens is 1. The third kappa shape index (κ3) is 2.87. The topological polar surface area (TPSA) is 56.4 Å². The van der Waals surface area contributed by atoms with Gasteiger partial charge >= 0.3 is 0 Å². The summed E-state index contributed by atoms with van der Waals surface area (Å²) in [4.78, 5) is 15.1. The highest BCUT2D eigenvalue weighted by atomic mass is 35.5. The van der Waals surface area contributed by atoms with E-state index in [9.17, 15) is 4.79 Å². The highest BCUT2D eigenvalue weighted by Crippen LogP contribution is 2.36. The zero-order valence-electron chi connectivity index (χ0n) is 13.4. The van der Waals surface area contributed by atoms with Crippen molar-refractivity contribution in [3.05, 3.63) is 29.8 Å². The van der Waals surface area contributed by atoms with Gasteiger partial charge in [-0.25, -0.2) is 5.43 Å². The maximum absolute atomic E-state index is 13.1. The lowest BCUT2D eigenvalue weighted by Crippen LogP contribution is -2.52. The molecule has 0 saturated carbocycles. The van der Waals surface area contributed by atoms with Crippen LogP contribution in [-0.4, -0.2) is 37.6 Å². The zero-order chi connectivity index (χ0) is 15.1. The molecule has 0 aromatic heterocycles. The predicted molar refractivity (Wildman–Crippen MR) is 93.9 cm³/mol. The number of hydrogen-bond donors (Lipinski definition) is 3. The Bertz CT molecular complexity index is 581. The summed E-state index contributed by atoms with van der Waals surface area (Å²) in [5, 5.41) is 3.42. The minimum Gasteiger partial charge on any atom is -0.316 e. The molecule has 0 aliphatic carbocycles. The fourth-order valence-corrected chi connectivity index (χ4v) is 4.11. The SMILES string of the molecule is CC1CCN(C(=O)C2NNC3CCNCC32)c2ccccc21.Cl.